The Morgan fingerprint density at radius 3 is 2.52 bits per heavy atom. The maximum absolute atomic E-state index is 14.1. The Morgan fingerprint density at radius 1 is 1.15 bits per heavy atom. The molecule has 3 aromatic rings. The molecule has 2 heterocycles. The summed E-state index contributed by atoms with van der Waals surface area (Å²) in [6, 6.07) is 3.32. The fraction of sp³-hybridized carbons (Fsp3) is 0.273. The number of fused-ring (bicyclic) bond motifs is 3. The third-order valence-corrected chi connectivity index (χ3v) is 5.44. The lowest BCUT2D eigenvalue weighted by Crippen LogP contribution is -2.39. The summed E-state index contributed by atoms with van der Waals surface area (Å²) in [5.41, 5.74) is -0.0584. The van der Waals surface area contributed by atoms with E-state index in [0.717, 1.165) is 30.3 Å². The lowest BCUT2D eigenvalue weighted by Gasteiger charge is -2.34. The number of hydrogen-bond donors (Lipinski definition) is 1. The largest absolute Gasteiger partial charge is 0.481 e. The third kappa shape index (κ3) is 4.15. The number of halogens is 5. The highest BCUT2D eigenvalue weighted by Gasteiger charge is 2.32. The maximum atomic E-state index is 14.1. The predicted octanol–water partition coefficient (Wildman–Crippen LogP) is 5.33. The number of carbonyl (C=O) groups excluding carboxylic acids is 1. The molecule has 0 saturated heterocycles. The van der Waals surface area contributed by atoms with Crippen LogP contribution >= 0.6 is 0 Å². The molecular formula is C22H18F5N3O3. The molecule has 0 unspecified atom stereocenters. The lowest BCUT2D eigenvalue weighted by molar-refractivity contribution is 0.0525. The molecule has 0 bridgehead atoms. The van der Waals surface area contributed by atoms with E-state index in [0.29, 0.717) is 16.6 Å². The Bertz CT molecular complexity index is 1240. The number of nitrogens with one attached hydrogen (secondary N) is 1. The molecule has 0 fully saturated rings. The quantitative estimate of drug-likeness (QED) is 0.527. The van der Waals surface area contributed by atoms with Gasteiger partial charge in [-0.3, -0.25) is 0 Å². The highest BCUT2D eigenvalue weighted by Crippen LogP contribution is 2.38. The number of urea groups is 1. The van der Waals surface area contributed by atoms with Crippen molar-refractivity contribution in [2.24, 2.45) is 0 Å². The number of ether oxygens (including phenoxy) is 2. The fourth-order valence-electron chi connectivity index (χ4n) is 3.78. The zero-order valence-electron chi connectivity index (χ0n) is 17.5. The van der Waals surface area contributed by atoms with E-state index >= 15 is 0 Å². The normalized spacial score (nSPS) is 15.5. The number of methoxy groups -OCH3 is 1. The van der Waals surface area contributed by atoms with Gasteiger partial charge in [-0.25, -0.2) is 31.7 Å². The van der Waals surface area contributed by atoms with E-state index in [1.807, 2.05) is 0 Å². The van der Waals surface area contributed by atoms with Crippen molar-refractivity contribution in [2.45, 2.75) is 19.1 Å². The number of aromatic nitrogens is 1. The monoisotopic (exact) mass is 467 g/mol. The average molecular weight is 467 g/mol. The van der Waals surface area contributed by atoms with Gasteiger partial charge in [0.1, 0.15) is 5.82 Å². The number of carbonyl (C=O) groups is 1. The van der Waals surface area contributed by atoms with Gasteiger partial charge in [-0.15, -0.1) is 0 Å². The molecule has 1 aliphatic rings. The molecule has 0 radical (unpaired) electrons. The first-order chi connectivity index (χ1) is 15.7. The Labute approximate surface area is 184 Å². The first-order valence-electron chi connectivity index (χ1n) is 9.76. The minimum absolute atomic E-state index is 0.0186. The number of pyridine rings is 1. The molecule has 174 valence electrons. The van der Waals surface area contributed by atoms with Crippen LogP contribution in [0.3, 0.4) is 0 Å². The average Bonchev–Trinajstić information content (AvgIpc) is 2.79. The second-order valence-corrected chi connectivity index (χ2v) is 7.40. The van der Waals surface area contributed by atoms with Gasteiger partial charge < -0.3 is 19.7 Å². The van der Waals surface area contributed by atoms with Crippen LogP contribution in [0.15, 0.2) is 30.3 Å². The molecule has 1 N–H and O–H groups in total. The molecule has 1 aliphatic heterocycles. The van der Waals surface area contributed by atoms with Crippen LogP contribution in [0.2, 0.25) is 0 Å². The van der Waals surface area contributed by atoms with Crippen LogP contribution in [0.25, 0.3) is 10.8 Å². The van der Waals surface area contributed by atoms with Crippen molar-refractivity contribution in [3.8, 4) is 5.88 Å². The van der Waals surface area contributed by atoms with Crippen molar-refractivity contribution in [1.82, 2.24) is 9.88 Å². The first kappa shape index (κ1) is 22.7. The Balaban J connectivity index is 1.71. The van der Waals surface area contributed by atoms with E-state index in [9.17, 15) is 26.7 Å². The lowest BCUT2D eigenvalue weighted by atomic mass is 9.95. The Morgan fingerprint density at radius 2 is 1.85 bits per heavy atom. The van der Waals surface area contributed by atoms with E-state index in [2.05, 4.69) is 10.3 Å². The van der Waals surface area contributed by atoms with E-state index in [-0.39, 0.29) is 30.2 Å². The van der Waals surface area contributed by atoms with Crippen molar-refractivity contribution in [1.29, 1.82) is 0 Å². The predicted molar refractivity (Wildman–Crippen MR) is 109 cm³/mol. The SMILES string of the molecule is COc1nc2c(c3cc(F)c(F)cc13)[C@@H](N(C)C(=O)Nc1ccc(F)c(C(F)F)c1)COC2. The minimum Gasteiger partial charge on any atom is -0.481 e. The first-order valence-corrected chi connectivity index (χ1v) is 9.76. The van der Waals surface area contributed by atoms with Crippen molar-refractivity contribution in [2.75, 3.05) is 26.1 Å². The number of amides is 2. The topological polar surface area (TPSA) is 63.7 Å². The van der Waals surface area contributed by atoms with Gasteiger partial charge in [0.2, 0.25) is 5.88 Å². The van der Waals surface area contributed by atoms with Gasteiger partial charge in [0.15, 0.2) is 11.6 Å². The van der Waals surface area contributed by atoms with Gasteiger partial charge in [0.05, 0.1) is 37.6 Å². The van der Waals surface area contributed by atoms with Crippen LogP contribution in [0, 0.1) is 17.5 Å². The van der Waals surface area contributed by atoms with Crippen LogP contribution in [0.1, 0.15) is 29.3 Å². The molecule has 11 heteroatoms. The van der Waals surface area contributed by atoms with E-state index in [1.165, 1.54) is 19.1 Å². The summed E-state index contributed by atoms with van der Waals surface area (Å²) < 4.78 is 78.3. The smallest absolute Gasteiger partial charge is 0.322 e. The molecule has 33 heavy (non-hydrogen) atoms. The standard InChI is InChI=1S/C22H18F5N3O3/c1-30(22(31)28-10-3-4-14(23)13(5-10)20(26)27)18-9-33-8-17-19(18)11-6-15(24)16(25)7-12(11)21(29-17)32-2/h3-7,18,20H,8-9H2,1-2H3,(H,28,31)/t18-/m0/s1. The number of benzene rings is 2. The molecule has 0 aliphatic carbocycles. The van der Waals surface area contributed by atoms with Crippen LogP contribution in [-0.2, 0) is 11.3 Å². The zero-order chi connectivity index (χ0) is 23.9. The summed E-state index contributed by atoms with van der Waals surface area (Å²) in [7, 11) is 2.76. The molecule has 1 atom stereocenters. The number of rotatable bonds is 4. The second kappa shape index (κ2) is 8.81. The van der Waals surface area contributed by atoms with Gasteiger partial charge in [0.25, 0.3) is 6.43 Å². The summed E-state index contributed by atoms with van der Waals surface area (Å²) in [4.78, 5) is 18.4. The molecule has 6 nitrogen and oxygen atoms in total. The Kier molecular flexibility index (Phi) is 6.07. The molecule has 4 rings (SSSR count). The molecule has 2 aromatic carbocycles. The maximum Gasteiger partial charge on any atom is 0.322 e. The van der Waals surface area contributed by atoms with Crippen LogP contribution in [0.4, 0.5) is 32.4 Å². The highest BCUT2D eigenvalue weighted by molar-refractivity contribution is 5.93. The molecule has 0 saturated carbocycles. The number of hydrogen-bond acceptors (Lipinski definition) is 4. The summed E-state index contributed by atoms with van der Waals surface area (Å²) in [6.07, 6.45) is -3.05. The minimum atomic E-state index is -3.05. The third-order valence-electron chi connectivity index (χ3n) is 5.44. The molecule has 0 spiro atoms. The fourth-order valence-corrected chi connectivity index (χ4v) is 3.78. The van der Waals surface area contributed by atoms with Crippen molar-refractivity contribution in [3.63, 3.8) is 0 Å². The van der Waals surface area contributed by atoms with Gasteiger partial charge in [-0.05, 0) is 35.7 Å². The summed E-state index contributed by atoms with van der Waals surface area (Å²) in [5, 5.41) is 2.95. The van der Waals surface area contributed by atoms with Crippen molar-refractivity contribution in [3.05, 3.63) is 64.6 Å². The van der Waals surface area contributed by atoms with E-state index in [1.54, 1.807) is 0 Å². The van der Waals surface area contributed by atoms with Gasteiger partial charge in [0, 0.05) is 23.7 Å². The summed E-state index contributed by atoms with van der Waals surface area (Å²) >= 11 is 0. The van der Waals surface area contributed by atoms with Gasteiger partial charge in [-0.2, -0.15) is 0 Å². The van der Waals surface area contributed by atoms with Crippen LogP contribution in [0.5, 0.6) is 5.88 Å². The van der Waals surface area contributed by atoms with Crippen molar-refractivity contribution >= 4 is 22.5 Å². The number of alkyl halides is 2. The van der Waals surface area contributed by atoms with Crippen LogP contribution in [-0.4, -0.2) is 36.7 Å². The van der Waals surface area contributed by atoms with E-state index < -0.39 is 41.5 Å². The molecule has 1 aromatic heterocycles. The zero-order valence-corrected chi connectivity index (χ0v) is 17.5. The number of nitrogens with zero attached hydrogens (tertiary/aromatic N) is 2. The van der Waals surface area contributed by atoms with Crippen molar-refractivity contribution < 1.29 is 36.2 Å². The second-order valence-electron chi connectivity index (χ2n) is 7.40. The summed E-state index contributed by atoms with van der Waals surface area (Å²) in [6.45, 7) is 0.0764. The van der Waals surface area contributed by atoms with E-state index in [4.69, 9.17) is 9.47 Å². The summed E-state index contributed by atoms with van der Waals surface area (Å²) in [5.74, 6) is -3.18. The number of likely N-dealkylation sites (N-methyl/N-ethyl adjacent to an activating group) is 1. The molecule has 2 amide bonds. The Hall–Kier alpha value is -3.47. The highest BCUT2D eigenvalue weighted by atomic mass is 19.3. The van der Waals surface area contributed by atoms with Crippen LogP contribution < -0.4 is 10.1 Å². The number of anilines is 1. The molecular weight excluding hydrogens is 449 g/mol. The van der Waals surface area contributed by atoms with Gasteiger partial charge in [-0.1, -0.05) is 0 Å². The van der Waals surface area contributed by atoms with Gasteiger partial charge >= 0.3 is 6.03 Å².